The number of aromatic nitrogens is 1. The molecular weight excluding hydrogens is 310 g/mol. The summed E-state index contributed by atoms with van der Waals surface area (Å²) in [6.07, 6.45) is 4.62. The van der Waals surface area contributed by atoms with E-state index in [4.69, 9.17) is 5.11 Å². The maximum absolute atomic E-state index is 11.1. The molecule has 1 aliphatic rings. The third-order valence-electron chi connectivity index (χ3n) is 5.14. The van der Waals surface area contributed by atoms with Gasteiger partial charge in [-0.1, -0.05) is 30.3 Å². The molecule has 1 aromatic heterocycles. The average Bonchev–Trinajstić information content (AvgIpc) is 2.94. The van der Waals surface area contributed by atoms with Crippen molar-refractivity contribution in [1.82, 2.24) is 4.57 Å². The highest BCUT2D eigenvalue weighted by molar-refractivity contribution is 5.87. The third kappa shape index (κ3) is 2.66. The Labute approximate surface area is 147 Å². The van der Waals surface area contributed by atoms with E-state index in [2.05, 4.69) is 35.8 Å². The van der Waals surface area contributed by atoms with Crippen LogP contribution in [0.25, 0.3) is 16.8 Å². The molecule has 0 unspecified atom stereocenters. The van der Waals surface area contributed by atoms with Gasteiger partial charge in [-0.2, -0.15) is 0 Å². The second-order valence-corrected chi connectivity index (χ2v) is 6.65. The highest BCUT2D eigenvalue weighted by atomic mass is 16.4. The van der Waals surface area contributed by atoms with Gasteiger partial charge < -0.3 is 9.67 Å². The molecule has 3 nitrogen and oxygen atoms in total. The van der Waals surface area contributed by atoms with E-state index in [9.17, 15) is 4.79 Å². The van der Waals surface area contributed by atoms with Gasteiger partial charge in [0.15, 0.2) is 0 Å². The van der Waals surface area contributed by atoms with Crippen LogP contribution in [-0.4, -0.2) is 15.6 Å². The first-order valence-corrected chi connectivity index (χ1v) is 8.79. The van der Waals surface area contributed by atoms with Crippen molar-refractivity contribution in [3.63, 3.8) is 0 Å². The summed E-state index contributed by atoms with van der Waals surface area (Å²) >= 11 is 0. The summed E-state index contributed by atoms with van der Waals surface area (Å²) in [6, 6.07) is 17.8. The fraction of sp³-hybridized carbons (Fsp3) is 0.227. The molecular formula is C22H21NO2. The minimum atomic E-state index is -0.886. The summed E-state index contributed by atoms with van der Waals surface area (Å²) in [5.41, 5.74) is 8.05. The second kappa shape index (κ2) is 6.25. The molecule has 3 aromatic rings. The minimum Gasteiger partial charge on any atom is -0.478 e. The van der Waals surface area contributed by atoms with Gasteiger partial charge in [0.25, 0.3) is 0 Å². The van der Waals surface area contributed by atoms with E-state index in [1.165, 1.54) is 40.9 Å². The molecule has 0 saturated heterocycles. The van der Waals surface area contributed by atoms with E-state index >= 15 is 0 Å². The predicted molar refractivity (Wildman–Crippen MR) is 99.5 cm³/mol. The molecule has 0 radical (unpaired) electrons. The van der Waals surface area contributed by atoms with E-state index in [1.54, 1.807) is 12.1 Å². The van der Waals surface area contributed by atoms with Crippen molar-refractivity contribution >= 4 is 5.97 Å². The molecule has 126 valence electrons. The number of hydrogen-bond donors (Lipinski definition) is 1. The van der Waals surface area contributed by atoms with Crippen LogP contribution in [0.3, 0.4) is 0 Å². The van der Waals surface area contributed by atoms with Crippen molar-refractivity contribution in [2.75, 3.05) is 0 Å². The molecule has 4 rings (SSSR count). The summed E-state index contributed by atoms with van der Waals surface area (Å²) < 4.78 is 2.32. The molecule has 0 bridgehead atoms. The number of aromatic carboxylic acids is 1. The van der Waals surface area contributed by atoms with Gasteiger partial charge in [-0.15, -0.1) is 0 Å². The predicted octanol–water partition coefficient (Wildman–Crippen LogP) is 5.03. The molecule has 1 N–H and O–H groups in total. The zero-order valence-corrected chi connectivity index (χ0v) is 14.3. The summed E-state index contributed by atoms with van der Waals surface area (Å²) in [4.78, 5) is 11.1. The van der Waals surface area contributed by atoms with Crippen LogP contribution in [-0.2, 0) is 12.8 Å². The van der Waals surface area contributed by atoms with Gasteiger partial charge in [-0.25, -0.2) is 4.79 Å². The van der Waals surface area contributed by atoms with Crippen LogP contribution in [0.15, 0.2) is 54.6 Å². The Kier molecular flexibility index (Phi) is 3.92. The van der Waals surface area contributed by atoms with Gasteiger partial charge in [0.05, 0.1) is 5.56 Å². The van der Waals surface area contributed by atoms with Crippen LogP contribution in [0.1, 0.15) is 40.2 Å². The summed E-state index contributed by atoms with van der Waals surface area (Å²) in [5.74, 6) is -0.886. The zero-order chi connectivity index (χ0) is 17.4. The third-order valence-corrected chi connectivity index (χ3v) is 5.14. The standard InChI is InChI=1S/C22H21NO2/c1-15-21(16-7-3-2-4-8-16)19-9-5-6-10-20(19)23(15)18-13-11-17(12-14-18)22(24)25/h2-4,7-8,11-14H,5-6,9-10H2,1H3,(H,24,25). The van der Waals surface area contributed by atoms with Crippen molar-refractivity contribution in [2.24, 2.45) is 0 Å². The maximum Gasteiger partial charge on any atom is 0.335 e. The van der Waals surface area contributed by atoms with Gasteiger partial charge in [-0.05, 0) is 68.0 Å². The van der Waals surface area contributed by atoms with Crippen molar-refractivity contribution in [3.8, 4) is 16.8 Å². The van der Waals surface area contributed by atoms with Crippen LogP contribution in [0, 0.1) is 6.92 Å². The van der Waals surface area contributed by atoms with Crippen molar-refractivity contribution in [2.45, 2.75) is 32.6 Å². The molecule has 25 heavy (non-hydrogen) atoms. The SMILES string of the molecule is Cc1c(-c2ccccc2)c2c(n1-c1ccc(C(=O)O)cc1)CCCC2. The fourth-order valence-corrected chi connectivity index (χ4v) is 4.03. The number of carbonyl (C=O) groups is 1. The normalized spacial score (nSPS) is 13.5. The second-order valence-electron chi connectivity index (χ2n) is 6.65. The molecule has 1 heterocycles. The fourth-order valence-electron chi connectivity index (χ4n) is 4.03. The van der Waals surface area contributed by atoms with E-state index < -0.39 is 5.97 Å². The van der Waals surface area contributed by atoms with E-state index in [0.29, 0.717) is 5.56 Å². The molecule has 1 aliphatic carbocycles. The van der Waals surface area contributed by atoms with Crippen LogP contribution in [0.5, 0.6) is 0 Å². The number of hydrogen-bond acceptors (Lipinski definition) is 1. The van der Waals surface area contributed by atoms with Gasteiger partial charge in [-0.3, -0.25) is 0 Å². The Bertz CT molecular complexity index is 921. The molecule has 0 amide bonds. The molecule has 0 spiro atoms. The number of nitrogens with zero attached hydrogens (tertiary/aromatic N) is 1. The summed E-state index contributed by atoms with van der Waals surface area (Å²) in [6.45, 7) is 2.17. The molecule has 0 fully saturated rings. The monoisotopic (exact) mass is 331 g/mol. The van der Waals surface area contributed by atoms with Gasteiger partial charge in [0, 0.05) is 22.6 Å². The summed E-state index contributed by atoms with van der Waals surface area (Å²) in [5, 5.41) is 9.14. The quantitative estimate of drug-likeness (QED) is 0.731. The van der Waals surface area contributed by atoms with Crippen LogP contribution in [0.2, 0.25) is 0 Å². The van der Waals surface area contributed by atoms with E-state index in [-0.39, 0.29) is 0 Å². The Balaban J connectivity index is 1.91. The van der Waals surface area contributed by atoms with Crippen LogP contribution in [0.4, 0.5) is 0 Å². The molecule has 0 atom stereocenters. The average molecular weight is 331 g/mol. The Morgan fingerprint density at radius 2 is 1.64 bits per heavy atom. The van der Waals surface area contributed by atoms with Gasteiger partial charge in [0.1, 0.15) is 0 Å². The first-order valence-electron chi connectivity index (χ1n) is 8.79. The maximum atomic E-state index is 11.1. The molecule has 0 saturated carbocycles. The minimum absolute atomic E-state index is 0.325. The Morgan fingerprint density at radius 1 is 0.960 bits per heavy atom. The lowest BCUT2D eigenvalue weighted by molar-refractivity contribution is 0.0697. The number of benzene rings is 2. The van der Waals surface area contributed by atoms with Crippen LogP contribution < -0.4 is 0 Å². The van der Waals surface area contributed by atoms with Crippen molar-refractivity contribution in [1.29, 1.82) is 0 Å². The summed E-state index contributed by atoms with van der Waals surface area (Å²) in [7, 11) is 0. The number of carboxylic acid groups (broad SMARTS) is 1. The molecule has 3 heteroatoms. The molecule has 0 aliphatic heterocycles. The highest BCUT2D eigenvalue weighted by Gasteiger charge is 2.24. The van der Waals surface area contributed by atoms with Crippen molar-refractivity contribution in [3.05, 3.63) is 77.1 Å². The lowest BCUT2D eigenvalue weighted by Gasteiger charge is -2.17. The smallest absolute Gasteiger partial charge is 0.335 e. The first-order chi connectivity index (χ1) is 12.2. The number of rotatable bonds is 3. The number of fused-ring (bicyclic) bond motifs is 1. The zero-order valence-electron chi connectivity index (χ0n) is 14.3. The topological polar surface area (TPSA) is 42.2 Å². The van der Waals surface area contributed by atoms with Gasteiger partial charge in [0.2, 0.25) is 0 Å². The van der Waals surface area contributed by atoms with Crippen LogP contribution >= 0.6 is 0 Å². The Morgan fingerprint density at radius 3 is 2.32 bits per heavy atom. The Hall–Kier alpha value is -2.81. The van der Waals surface area contributed by atoms with Crippen molar-refractivity contribution < 1.29 is 9.90 Å². The lowest BCUT2D eigenvalue weighted by Crippen LogP contribution is -2.08. The largest absolute Gasteiger partial charge is 0.478 e. The van der Waals surface area contributed by atoms with E-state index in [0.717, 1.165) is 18.5 Å². The van der Waals surface area contributed by atoms with E-state index in [1.807, 2.05) is 18.2 Å². The molecule has 2 aromatic carbocycles. The highest BCUT2D eigenvalue weighted by Crippen LogP contribution is 2.38. The van der Waals surface area contributed by atoms with Gasteiger partial charge >= 0.3 is 5.97 Å². The first kappa shape index (κ1) is 15.7. The lowest BCUT2D eigenvalue weighted by atomic mass is 9.91. The number of carboxylic acids is 1.